The minimum Gasteiger partial charge on any atom is -0.316 e. The van der Waals surface area contributed by atoms with E-state index in [0.717, 1.165) is 5.33 Å². The molecule has 0 saturated heterocycles. The van der Waals surface area contributed by atoms with E-state index in [0.29, 0.717) is 0 Å². The molecule has 0 fully saturated rings. The first-order valence-electron chi connectivity index (χ1n) is 4.50. The molecule has 71 valence electrons. The molecule has 0 aliphatic heterocycles. The first-order valence-corrected chi connectivity index (χ1v) is 15.0. The molecule has 0 aromatic rings. The maximum atomic E-state index is 7.88. The summed E-state index contributed by atoms with van der Waals surface area (Å²) in [6.45, 7) is 16.6. The lowest BCUT2D eigenvalue weighted by Gasteiger charge is -2.36. The van der Waals surface area contributed by atoms with Crippen LogP contribution in [0.5, 0.6) is 0 Å². The van der Waals surface area contributed by atoms with Gasteiger partial charge in [0.1, 0.15) is 0 Å². The quantitative estimate of drug-likeness (QED) is 0.554. The predicted octanol–water partition coefficient (Wildman–Crippen LogP) is 2.89. The molecule has 0 aromatic heterocycles. The van der Waals surface area contributed by atoms with E-state index in [1.54, 1.807) is 0 Å². The minimum absolute atomic E-state index is 0.432. The largest absolute Gasteiger partial charge is 0.316 e. The van der Waals surface area contributed by atoms with Gasteiger partial charge in [-0.05, 0) is 12.3 Å². The lowest BCUT2D eigenvalue weighted by Crippen LogP contribution is -2.62. The fourth-order valence-electron chi connectivity index (χ4n) is 2.25. The molecular weight excluding hydrogens is 194 g/mol. The monoisotopic (exact) mass is 216 g/mol. The highest BCUT2D eigenvalue weighted by Gasteiger charge is 2.40. The Balaban J connectivity index is 4.82. The van der Waals surface area contributed by atoms with E-state index in [-0.39, 0.29) is 0 Å². The Kier molecular flexibility index (Phi) is 3.69. The summed E-state index contributed by atoms with van der Waals surface area (Å²) in [5, 5.41) is 8.90. The van der Waals surface area contributed by atoms with Crippen molar-refractivity contribution < 1.29 is 0 Å². The molecule has 0 atom stereocenters. The Morgan fingerprint density at radius 3 is 1.17 bits per heavy atom. The van der Waals surface area contributed by atoms with Crippen molar-refractivity contribution >= 4 is 28.3 Å². The third-order valence-electron chi connectivity index (χ3n) is 1.88. The van der Waals surface area contributed by atoms with Gasteiger partial charge in [-0.15, -0.1) is 0 Å². The van der Waals surface area contributed by atoms with Gasteiger partial charge in [0.2, 0.25) is 0 Å². The fourth-order valence-corrected chi connectivity index (χ4v) is 40.5. The van der Waals surface area contributed by atoms with Crippen LogP contribution in [0.3, 0.4) is 0 Å². The Bertz CT molecular complexity index is 162. The van der Waals surface area contributed by atoms with Crippen molar-refractivity contribution in [3.8, 4) is 0 Å². The predicted molar refractivity (Wildman–Crippen MR) is 65.8 cm³/mol. The van der Waals surface area contributed by atoms with E-state index >= 15 is 0 Å². The SMILES string of the molecule is CC(=N)[Si]([Si](C)(C)C)[Si](C)(C)C. The molecule has 0 unspecified atom stereocenters. The number of hydrogen-bond acceptors (Lipinski definition) is 1. The topological polar surface area (TPSA) is 23.9 Å². The van der Waals surface area contributed by atoms with E-state index in [1.807, 2.05) is 6.92 Å². The van der Waals surface area contributed by atoms with Gasteiger partial charge < -0.3 is 5.41 Å². The Morgan fingerprint density at radius 2 is 1.17 bits per heavy atom. The van der Waals surface area contributed by atoms with E-state index in [2.05, 4.69) is 39.3 Å². The average Bonchev–Trinajstić information content (AvgIpc) is 1.49. The van der Waals surface area contributed by atoms with E-state index < -0.39 is 23.0 Å². The molecule has 1 nitrogen and oxygen atoms in total. The molecule has 1 radical (unpaired) electrons. The van der Waals surface area contributed by atoms with Crippen LogP contribution in [0, 0.1) is 5.41 Å². The Morgan fingerprint density at radius 1 is 0.917 bits per heavy atom. The molecule has 12 heavy (non-hydrogen) atoms. The molecular formula is C8H22NSi3. The van der Waals surface area contributed by atoms with Gasteiger partial charge >= 0.3 is 0 Å². The van der Waals surface area contributed by atoms with Gasteiger partial charge in [0.25, 0.3) is 0 Å². The van der Waals surface area contributed by atoms with Gasteiger partial charge in [0, 0.05) is 15.2 Å². The summed E-state index contributed by atoms with van der Waals surface area (Å²) in [4.78, 5) is 0. The number of hydrogen-bond donors (Lipinski definition) is 1. The van der Waals surface area contributed by atoms with E-state index in [4.69, 9.17) is 5.41 Å². The molecule has 0 heterocycles. The summed E-state index contributed by atoms with van der Waals surface area (Å²) >= 11 is 0. The van der Waals surface area contributed by atoms with Gasteiger partial charge in [0.05, 0.1) is 7.83 Å². The third-order valence-corrected chi connectivity index (χ3v) is 30.4. The van der Waals surface area contributed by atoms with Crippen LogP contribution in [0.2, 0.25) is 39.3 Å². The van der Waals surface area contributed by atoms with Crippen molar-refractivity contribution in [2.75, 3.05) is 0 Å². The lowest BCUT2D eigenvalue weighted by atomic mass is 10.9. The van der Waals surface area contributed by atoms with Crippen LogP contribution in [-0.4, -0.2) is 28.3 Å². The third kappa shape index (κ3) is 3.37. The van der Waals surface area contributed by atoms with Crippen molar-refractivity contribution in [1.82, 2.24) is 0 Å². The fraction of sp³-hybridized carbons (Fsp3) is 0.875. The highest BCUT2D eigenvalue weighted by atomic mass is 29.6. The smallest absolute Gasteiger partial charge is 0.0870 e. The van der Waals surface area contributed by atoms with Gasteiger partial charge in [-0.1, -0.05) is 39.3 Å². The van der Waals surface area contributed by atoms with Crippen LogP contribution in [0.4, 0.5) is 0 Å². The maximum absolute atomic E-state index is 7.88. The molecule has 0 aromatic carbocycles. The van der Waals surface area contributed by atoms with Gasteiger partial charge in [-0.2, -0.15) is 0 Å². The molecule has 0 rings (SSSR count). The summed E-state index contributed by atoms with van der Waals surface area (Å²) in [5.41, 5.74) is 0. The Labute approximate surface area is 80.3 Å². The van der Waals surface area contributed by atoms with Crippen molar-refractivity contribution in [3.05, 3.63) is 0 Å². The zero-order valence-electron chi connectivity index (χ0n) is 9.50. The summed E-state index contributed by atoms with van der Waals surface area (Å²) in [7, 11) is -2.52. The van der Waals surface area contributed by atoms with E-state index in [9.17, 15) is 0 Å². The average molecular weight is 217 g/mol. The second-order valence-corrected chi connectivity index (χ2v) is 29.5. The molecule has 0 aliphatic carbocycles. The zero-order chi connectivity index (χ0) is 10.2. The van der Waals surface area contributed by atoms with Crippen LogP contribution < -0.4 is 0 Å². The molecule has 0 aliphatic rings. The molecule has 4 heteroatoms. The molecule has 0 saturated carbocycles. The number of nitrogens with one attached hydrogen (secondary N) is 1. The van der Waals surface area contributed by atoms with Crippen LogP contribution in [0.1, 0.15) is 6.92 Å². The lowest BCUT2D eigenvalue weighted by molar-refractivity contribution is 1.52. The van der Waals surface area contributed by atoms with Gasteiger partial charge in [-0.3, -0.25) is 0 Å². The number of rotatable bonds is 3. The maximum Gasteiger partial charge on any atom is 0.0870 e. The molecule has 0 bridgehead atoms. The van der Waals surface area contributed by atoms with Crippen LogP contribution in [-0.2, 0) is 0 Å². The van der Waals surface area contributed by atoms with Gasteiger partial charge in [-0.25, -0.2) is 0 Å². The first-order chi connectivity index (χ1) is 5.07. The molecule has 1 N–H and O–H groups in total. The van der Waals surface area contributed by atoms with Crippen molar-refractivity contribution in [2.45, 2.75) is 46.2 Å². The highest BCUT2D eigenvalue weighted by molar-refractivity contribution is 7.68. The highest BCUT2D eigenvalue weighted by Crippen LogP contribution is 2.18. The van der Waals surface area contributed by atoms with Crippen molar-refractivity contribution in [1.29, 1.82) is 5.41 Å². The standard InChI is InChI=1S/C8H22NSi3/c1-8(9)10(11(2,3)4)12(5,6)7/h9H,1-7H3. The summed E-state index contributed by atoms with van der Waals surface area (Å²) in [6.07, 6.45) is 0. The summed E-state index contributed by atoms with van der Waals surface area (Å²) < 4.78 is 0. The zero-order valence-corrected chi connectivity index (χ0v) is 12.5. The van der Waals surface area contributed by atoms with Gasteiger partial charge in [0.15, 0.2) is 0 Å². The normalized spacial score (nSPS) is 13.7. The van der Waals surface area contributed by atoms with Crippen LogP contribution >= 0.6 is 0 Å². The second-order valence-electron chi connectivity index (χ2n) is 5.50. The second kappa shape index (κ2) is 3.59. The molecule has 0 spiro atoms. The van der Waals surface area contributed by atoms with Crippen molar-refractivity contribution in [3.63, 3.8) is 0 Å². The summed E-state index contributed by atoms with van der Waals surface area (Å²) in [5.74, 6) is 0. The minimum atomic E-state index is -1.05. The van der Waals surface area contributed by atoms with Crippen LogP contribution in [0.15, 0.2) is 0 Å². The van der Waals surface area contributed by atoms with E-state index in [1.165, 1.54) is 0 Å². The Hall–Kier alpha value is 0.321. The molecule has 0 amide bonds. The van der Waals surface area contributed by atoms with Crippen LogP contribution in [0.25, 0.3) is 0 Å². The summed E-state index contributed by atoms with van der Waals surface area (Å²) in [6, 6.07) is 0. The van der Waals surface area contributed by atoms with Crippen molar-refractivity contribution in [2.24, 2.45) is 0 Å². The first kappa shape index (κ1) is 12.3.